The van der Waals surface area contributed by atoms with Gasteiger partial charge in [0.2, 0.25) is 5.91 Å². The van der Waals surface area contributed by atoms with Crippen molar-refractivity contribution in [2.45, 2.75) is 17.7 Å². The average Bonchev–Trinajstić information content (AvgIpc) is 3.22. The molecular formula is C20H18N2O4S2. The number of hydrogen-bond acceptors (Lipinski definition) is 5. The maximum absolute atomic E-state index is 12.4. The molecule has 0 bridgehead atoms. The standard InChI is InChI=1S/C20H18N2O4S2/c23-18(19-7-4-14-27-19)12-13-20(24)21-15-8-10-17(11-9-15)28(25,26)22-16-5-2-1-3-6-16/h1-11,14,22H,12-13H2,(H,21,24). The zero-order valence-corrected chi connectivity index (χ0v) is 16.4. The van der Waals surface area contributed by atoms with Crippen LogP contribution in [-0.4, -0.2) is 20.1 Å². The zero-order valence-electron chi connectivity index (χ0n) is 14.8. The number of benzene rings is 2. The molecule has 0 saturated carbocycles. The number of anilines is 2. The number of rotatable bonds is 8. The number of ketones is 1. The van der Waals surface area contributed by atoms with Crippen LogP contribution in [0.1, 0.15) is 22.5 Å². The lowest BCUT2D eigenvalue weighted by Gasteiger charge is -2.09. The summed E-state index contributed by atoms with van der Waals surface area (Å²) in [5, 5.41) is 4.48. The highest BCUT2D eigenvalue weighted by Gasteiger charge is 2.15. The summed E-state index contributed by atoms with van der Waals surface area (Å²) >= 11 is 1.35. The maximum Gasteiger partial charge on any atom is 0.261 e. The Kier molecular flexibility index (Phi) is 6.23. The van der Waals surface area contributed by atoms with Crippen LogP contribution >= 0.6 is 11.3 Å². The van der Waals surface area contributed by atoms with Gasteiger partial charge in [-0.25, -0.2) is 8.42 Å². The van der Waals surface area contributed by atoms with Gasteiger partial charge in [-0.3, -0.25) is 14.3 Å². The summed E-state index contributed by atoms with van der Waals surface area (Å²) in [6.07, 6.45) is 0.187. The minimum Gasteiger partial charge on any atom is -0.326 e. The number of hydrogen-bond donors (Lipinski definition) is 2. The van der Waals surface area contributed by atoms with Crippen molar-refractivity contribution >= 4 is 44.4 Å². The van der Waals surface area contributed by atoms with Crippen molar-refractivity contribution < 1.29 is 18.0 Å². The third-order valence-electron chi connectivity index (χ3n) is 3.85. The van der Waals surface area contributed by atoms with Gasteiger partial charge in [0.25, 0.3) is 10.0 Å². The van der Waals surface area contributed by atoms with Gasteiger partial charge in [-0.1, -0.05) is 24.3 Å². The minimum absolute atomic E-state index is 0.0619. The Morgan fingerprint density at radius 1 is 0.821 bits per heavy atom. The minimum atomic E-state index is -3.71. The number of para-hydroxylation sites is 1. The fraction of sp³-hybridized carbons (Fsp3) is 0.100. The van der Waals surface area contributed by atoms with Crippen molar-refractivity contribution in [3.8, 4) is 0 Å². The average molecular weight is 415 g/mol. The predicted octanol–water partition coefficient (Wildman–Crippen LogP) is 4.15. The summed E-state index contributed by atoms with van der Waals surface area (Å²) in [5.41, 5.74) is 0.933. The van der Waals surface area contributed by atoms with Gasteiger partial charge in [0, 0.05) is 24.2 Å². The molecule has 144 valence electrons. The second kappa shape index (κ2) is 8.81. The number of nitrogens with one attached hydrogen (secondary N) is 2. The Morgan fingerprint density at radius 2 is 1.54 bits per heavy atom. The molecule has 0 aliphatic heterocycles. The molecule has 3 aromatic rings. The summed E-state index contributed by atoms with van der Waals surface area (Å²) in [5.74, 6) is -0.374. The molecule has 0 spiro atoms. The van der Waals surface area contributed by atoms with Crippen LogP contribution in [-0.2, 0) is 14.8 Å². The van der Waals surface area contributed by atoms with Crippen molar-refractivity contribution in [2.75, 3.05) is 10.0 Å². The summed E-state index contributed by atoms with van der Waals surface area (Å²) in [6.45, 7) is 0. The molecule has 2 N–H and O–H groups in total. The molecule has 8 heteroatoms. The first kappa shape index (κ1) is 19.8. The van der Waals surface area contributed by atoms with Gasteiger partial charge in [0.05, 0.1) is 9.77 Å². The normalized spacial score (nSPS) is 11.0. The lowest BCUT2D eigenvalue weighted by atomic mass is 10.2. The van der Waals surface area contributed by atoms with Crippen LogP contribution in [0.4, 0.5) is 11.4 Å². The van der Waals surface area contributed by atoms with E-state index in [1.54, 1.807) is 42.5 Å². The van der Waals surface area contributed by atoms with Crippen LogP contribution in [0.2, 0.25) is 0 Å². The third kappa shape index (κ3) is 5.28. The van der Waals surface area contributed by atoms with Crippen molar-refractivity contribution in [1.29, 1.82) is 0 Å². The summed E-state index contributed by atoms with van der Waals surface area (Å²) in [6, 6.07) is 18.0. The Morgan fingerprint density at radius 3 is 2.18 bits per heavy atom. The fourth-order valence-electron chi connectivity index (χ4n) is 2.45. The highest BCUT2D eigenvalue weighted by molar-refractivity contribution is 7.92. The van der Waals surface area contributed by atoms with Crippen molar-refractivity contribution in [2.24, 2.45) is 0 Å². The van der Waals surface area contributed by atoms with E-state index in [1.807, 2.05) is 5.38 Å². The van der Waals surface area contributed by atoms with E-state index in [0.717, 1.165) is 0 Å². The van der Waals surface area contributed by atoms with Crippen LogP contribution in [0.5, 0.6) is 0 Å². The number of Topliss-reactive ketones (excluding diaryl/α,β-unsaturated/α-hetero) is 1. The van der Waals surface area contributed by atoms with Crippen LogP contribution in [0.3, 0.4) is 0 Å². The molecule has 1 aromatic heterocycles. The summed E-state index contributed by atoms with van der Waals surface area (Å²) in [4.78, 5) is 24.7. The molecule has 0 radical (unpaired) electrons. The first-order valence-electron chi connectivity index (χ1n) is 8.48. The lowest BCUT2D eigenvalue weighted by molar-refractivity contribution is -0.116. The number of thiophene rings is 1. The van der Waals surface area contributed by atoms with Crippen molar-refractivity contribution in [3.63, 3.8) is 0 Å². The van der Waals surface area contributed by atoms with Gasteiger partial charge >= 0.3 is 0 Å². The molecule has 6 nitrogen and oxygen atoms in total. The number of carbonyl (C=O) groups excluding carboxylic acids is 2. The second-order valence-electron chi connectivity index (χ2n) is 5.94. The largest absolute Gasteiger partial charge is 0.326 e. The van der Waals surface area contributed by atoms with Gasteiger partial charge < -0.3 is 5.32 Å². The van der Waals surface area contributed by atoms with Crippen LogP contribution in [0.15, 0.2) is 77.0 Å². The van der Waals surface area contributed by atoms with Crippen LogP contribution in [0.25, 0.3) is 0 Å². The van der Waals surface area contributed by atoms with E-state index >= 15 is 0 Å². The molecule has 2 aromatic carbocycles. The molecule has 0 atom stereocenters. The van der Waals surface area contributed by atoms with E-state index in [1.165, 1.54) is 35.6 Å². The topological polar surface area (TPSA) is 92.3 Å². The molecule has 1 amide bonds. The second-order valence-corrected chi connectivity index (χ2v) is 8.57. The third-order valence-corrected chi connectivity index (χ3v) is 6.16. The Balaban J connectivity index is 1.56. The Hall–Kier alpha value is -2.97. The molecule has 28 heavy (non-hydrogen) atoms. The Labute approximate surface area is 167 Å². The smallest absolute Gasteiger partial charge is 0.261 e. The molecular weight excluding hydrogens is 396 g/mol. The van der Waals surface area contributed by atoms with E-state index in [2.05, 4.69) is 10.0 Å². The van der Waals surface area contributed by atoms with E-state index in [9.17, 15) is 18.0 Å². The highest BCUT2D eigenvalue weighted by atomic mass is 32.2. The van der Waals surface area contributed by atoms with Crippen molar-refractivity contribution in [1.82, 2.24) is 0 Å². The van der Waals surface area contributed by atoms with Gasteiger partial charge in [-0.05, 0) is 47.8 Å². The van der Waals surface area contributed by atoms with E-state index < -0.39 is 10.0 Å². The SMILES string of the molecule is O=C(CCC(=O)c1cccs1)Nc1ccc(S(=O)(=O)Nc2ccccc2)cc1. The van der Waals surface area contributed by atoms with Gasteiger partial charge in [-0.2, -0.15) is 0 Å². The van der Waals surface area contributed by atoms with Crippen molar-refractivity contribution in [3.05, 3.63) is 77.0 Å². The van der Waals surface area contributed by atoms with Gasteiger partial charge in [0.15, 0.2) is 5.78 Å². The Bertz CT molecular complexity index is 1050. The number of amides is 1. The molecule has 0 saturated heterocycles. The first-order chi connectivity index (χ1) is 13.4. The summed E-state index contributed by atoms with van der Waals surface area (Å²) in [7, 11) is -3.71. The quantitative estimate of drug-likeness (QED) is 0.542. The highest BCUT2D eigenvalue weighted by Crippen LogP contribution is 2.18. The van der Waals surface area contributed by atoms with E-state index in [-0.39, 0.29) is 29.4 Å². The monoisotopic (exact) mass is 414 g/mol. The van der Waals surface area contributed by atoms with Crippen LogP contribution in [0, 0.1) is 0 Å². The first-order valence-corrected chi connectivity index (χ1v) is 10.8. The molecule has 3 rings (SSSR count). The molecule has 0 unspecified atom stereocenters. The fourth-order valence-corrected chi connectivity index (χ4v) is 4.20. The molecule has 1 heterocycles. The zero-order chi connectivity index (χ0) is 20.0. The lowest BCUT2D eigenvalue weighted by Crippen LogP contribution is -2.14. The van der Waals surface area contributed by atoms with E-state index in [0.29, 0.717) is 16.3 Å². The molecule has 0 aliphatic rings. The summed E-state index contributed by atoms with van der Waals surface area (Å²) < 4.78 is 27.3. The number of sulfonamides is 1. The van der Waals surface area contributed by atoms with E-state index in [4.69, 9.17) is 0 Å². The predicted molar refractivity (Wildman–Crippen MR) is 110 cm³/mol. The molecule has 0 aliphatic carbocycles. The van der Waals surface area contributed by atoms with Gasteiger partial charge in [0.1, 0.15) is 0 Å². The van der Waals surface area contributed by atoms with Gasteiger partial charge in [-0.15, -0.1) is 11.3 Å². The van der Waals surface area contributed by atoms with Crippen LogP contribution < -0.4 is 10.0 Å². The molecule has 0 fully saturated rings. The number of carbonyl (C=O) groups is 2. The maximum atomic E-state index is 12.4.